The molecular formula is C14H18BrF. The van der Waals surface area contributed by atoms with Crippen molar-refractivity contribution in [3.8, 4) is 0 Å². The van der Waals surface area contributed by atoms with Crippen molar-refractivity contribution >= 4 is 15.9 Å². The summed E-state index contributed by atoms with van der Waals surface area (Å²) in [5.41, 5.74) is 1.86. The van der Waals surface area contributed by atoms with Gasteiger partial charge in [-0.15, -0.1) is 0 Å². The molecule has 0 radical (unpaired) electrons. The molecule has 0 spiro atoms. The van der Waals surface area contributed by atoms with E-state index in [0.717, 1.165) is 0 Å². The Bertz CT molecular complexity index is 378. The van der Waals surface area contributed by atoms with Crippen molar-refractivity contribution in [1.82, 2.24) is 0 Å². The maximum atomic E-state index is 12.9. The van der Waals surface area contributed by atoms with Crippen LogP contribution in [0, 0.1) is 22.6 Å². The third kappa shape index (κ3) is 1.62. The van der Waals surface area contributed by atoms with Crippen molar-refractivity contribution in [2.45, 2.75) is 32.5 Å². The number of benzene rings is 1. The summed E-state index contributed by atoms with van der Waals surface area (Å²) >= 11 is 3.77. The van der Waals surface area contributed by atoms with Crippen LogP contribution < -0.4 is 0 Å². The minimum atomic E-state index is -0.169. The predicted octanol–water partition coefficient (Wildman–Crippen LogP) is 4.94. The van der Waals surface area contributed by atoms with Gasteiger partial charge in [-0.05, 0) is 34.4 Å². The van der Waals surface area contributed by atoms with Crippen molar-refractivity contribution in [2.75, 3.05) is 0 Å². The molecule has 0 bridgehead atoms. The summed E-state index contributed by atoms with van der Waals surface area (Å²) in [6.45, 7) is 9.20. The molecule has 0 N–H and O–H groups in total. The second-order valence-electron chi connectivity index (χ2n) is 5.87. The third-order valence-electron chi connectivity index (χ3n) is 4.61. The van der Waals surface area contributed by atoms with Gasteiger partial charge in [0.1, 0.15) is 5.82 Å². The molecule has 1 aliphatic carbocycles. The largest absolute Gasteiger partial charge is 0.207 e. The molecule has 0 heterocycles. The fourth-order valence-corrected chi connectivity index (χ4v) is 4.45. The maximum absolute atomic E-state index is 12.9. The fraction of sp³-hybridized carbons (Fsp3) is 0.571. The van der Waals surface area contributed by atoms with Gasteiger partial charge in [-0.1, -0.05) is 55.8 Å². The molecular weight excluding hydrogens is 267 g/mol. The van der Waals surface area contributed by atoms with E-state index >= 15 is 0 Å². The molecule has 88 valence electrons. The van der Waals surface area contributed by atoms with Crippen molar-refractivity contribution in [1.29, 1.82) is 0 Å². The van der Waals surface area contributed by atoms with E-state index in [2.05, 4.69) is 43.6 Å². The first-order valence-corrected chi connectivity index (χ1v) is 6.59. The standard InChI is InChI=1S/C14H18BrF/c1-13(2)12(14(13,3)4)11(15)9-5-7-10(16)8-6-9/h5-8,11-12H,1-4H3. The van der Waals surface area contributed by atoms with E-state index < -0.39 is 0 Å². The molecule has 0 nitrogen and oxygen atoms in total. The molecule has 0 aromatic heterocycles. The zero-order valence-corrected chi connectivity index (χ0v) is 11.8. The minimum absolute atomic E-state index is 0.169. The Hall–Kier alpha value is -0.370. The molecule has 2 heteroatoms. The predicted molar refractivity (Wildman–Crippen MR) is 69.1 cm³/mol. The van der Waals surface area contributed by atoms with Crippen LogP contribution in [0.25, 0.3) is 0 Å². The molecule has 1 aliphatic rings. The van der Waals surface area contributed by atoms with Crippen LogP contribution in [-0.2, 0) is 0 Å². The van der Waals surface area contributed by atoms with Gasteiger partial charge < -0.3 is 0 Å². The van der Waals surface area contributed by atoms with E-state index in [0.29, 0.717) is 21.6 Å². The first-order valence-electron chi connectivity index (χ1n) is 5.68. The first kappa shape index (κ1) is 12.1. The first-order chi connectivity index (χ1) is 7.28. The van der Waals surface area contributed by atoms with Crippen molar-refractivity contribution in [3.63, 3.8) is 0 Å². The summed E-state index contributed by atoms with van der Waals surface area (Å²) in [5.74, 6) is 0.434. The highest BCUT2D eigenvalue weighted by molar-refractivity contribution is 9.09. The third-order valence-corrected chi connectivity index (χ3v) is 5.67. The van der Waals surface area contributed by atoms with Gasteiger partial charge >= 0.3 is 0 Å². The summed E-state index contributed by atoms with van der Waals surface area (Å²) in [6.07, 6.45) is 0. The smallest absolute Gasteiger partial charge is 0.123 e. The summed E-state index contributed by atoms with van der Waals surface area (Å²) in [4.78, 5) is 0.318. The molecule has 1 fully saturated rings. The molecule has 0 saturated heterocycles. The van der Waals surface area contributed by atoms with Crippen LogP contribution in [0.2, 0.25) is 0 Å². The quantitative estimate of drug-likeness (QED) is 0.675. The van der Waals surface area contributed by atoms with Crippen LogP contribution in [0.15, 0.2) is 24.3 Å². The van der Waals surface area contributed by atoms with Gasteiger partial charge in [-0.25, -0.2) is 4.39 Å². The Morgan fingerprint density at radius 2 is 1.50 bits per heavy atom. The maximum Gasteiger partial charge on any atom is 0.123 e. The number of hydrogen-bond donors (Lipinski definition) is 0. The lowest BCUT2D eigenvalue weighted by Crippen LogP contribution is -1.99. The molecule has 1 aromatic rings. The van der Waals surface area contributed by atoms with Crippen LogP contribution in [0.4, 0.5) is 4.39 Å². The Kier molecular flexibility index (Phi) is 2.69. The second kappa shape index (κ2) is 3.56. The van der Waals surface area contributed by atoms with Gasteiger partial charge in [0.15, 0.2) is 0 Å². The number of hydrogen-bond acceptors (Lipinski definition) is 0. The van der Waals surface area contributed by atoms with E-state index in [1.807, 2.05) is 12.1 Å². The van der Waals surface area contributed by atoms with E-state index in [4.69, 9.17) is 0 Å². The SMILES string of the molecule is CC1(C)C(C(Br)c2ccc(F)cc2)C1(C)C. The lowest BCUT2D eigenvalue weighted by Gasteiger charge is -2.12. The summed E-state index contributed by atoms with van der Waals surface area (Å²) in [7, 11) is 0. The van der Waals surface area contributed by atoms with Gasteiger partial charge in [0.05, 0.1) is 0 Å². The van der Waals surface area contributed by atoms with Crippen molar-refractivity contribution < 1.29 is 4.39 Å². The zero-order valence-electron chi connectivity index (χ0n) is 10.2. The molecule has 1 atom stereocenters. The topological polar surface area (TPSA) is 0 Å². The van der Waals surface area contributed by atoms with Gasteiger partial charge in [-0.3, -0.25) is 0 Å². The number of alkyl halides is 1. The molecule has 0 aliphatic heterocycles. The monoisotopic (exact) mass is 284 g/mol. The molecule has 16 heavy (non-hydrogen) atoms. The van der Waals surface area contributed by atoms with Crippen LogP contribution in [-0.4, -0.2) is 0 Å². The van der Waals surface area contributed by atoms with Crippen LogP contribution in [0.3, 0.4) is 0 Å². The average Bonchev–Trinajstić information content (AvgIpc) is 2.57. The lowest BCUT2D eigenvalue weighted by atomic mass is 10.0. The molecule has 0 amide bonds. The number of halogens is 2. The normalized spacial score (nSPS) is 24.1. The molecule has 1 saturated carbocycles. The second-order valence-corrected chi connectivity index (χ2v) is 6.86. The van der Waals surface area contributed by atoms with Crippen LogP contribution >= 0.6 is 15.9 Å². The minimum Gasteiger partial charge on any atom is -0.207 e. The summed E-state index contributed by atoms with van der Waals surface area (Å²) in [5, 5.41) is 0. The molecule has 1 aromatic carbocycles. The van der Waals surface area contributed by atoms with E-state index in [-0.39, 0.29) is 5.82 Å². The average molecular weight is 285 g/mol. The highest BCUT2D eigenvalue weighted by atomic mass is 79.9. The van der Waals surface area contributed by atoms with E-state index in [1.165, 1.54) is 17.7 Å². The molecule has 2 rings (SSSR count). The number of rotatable bonds is 2. The van der Waals surface area contributed by atoms with Gasteiger partial charge in [0.25, 0.3) is 0 Å². The Morgan fingerprint density at radius 3 is 1.88 bits per heavy atom. The highest BCUT2D eigenvalue weighted by Crippen LogP contribution is 2.73. The summed E-state index contributed by atoms with van der Waals surface area (Å²) in [6, 6.07) is 6.82. The zero-order chi connectivity index (χ0) is 12.1. The molecule has 1 unspecified atom stereocenters. The Labute approximate surface area is 105 Å². The van der Waals surface area contributed by atoms with Crippen molar-refractivity contribution in [2.24, 2.45) is 16.7 Å². The van der Waals surface area contributed by atoms with Crippen LogP contribution in [0.5, 0.6) is 0 Å². The summed E-state index contributed by atoms with van der Waals surface area (Å²) < 4.78 is 12.9. The van der Waals surface area contributed by atoms with E-state index in [1.54, 1.807) is 0 Å². The fourth-order valence-electron chi connectivity index (χ4n) is 2.82. The lowest BCUT2D eigenvalue weighted by molar-refractivity contribution is 0.457. The van der Waals surface area contributed by atoms with Crippen molar-refractivity contribution in [3.05, 3.63) is 35.6 Å². The van der Waals surface area contributed by atoms with Gasteiger partial charge in [-0.2, -0.15) is 0 Å². The van der Waals surface area contributed by atoms with E-state index in [9.17, 15) is 4.39 Å². The Morgan fingerprint density at radius 1 is 1.06 bits per heavy atom. The van der Waals surface area contributed by atoms with Crippen LogP contribution in [0.1, 0.15) is 38.1 Å². The van der Waals surface area contributed by atoms with Gasteiger partial charge in [0, 0.05) is 4.83 Å². The highest BCUT2D eigenvalue weighted by Gasteiger charge is 2.66. The Balaban J connectivity index is 2.22. The van der Waals surface area contributed by atoms with Gasteiger partial charge in [0.2, 0.25) is 0 Å².